The molecule has 0 N–H and O–H groups in total. The molecule has 3 rings (SSSR count). The van der Waals surface area contributed by atoms with Crippen molar-refractivity contribution < 1.29 is 14.3 Å². The molecule has 2 aromatic rings. The molecular weight excluding hydrogens is 300 g/mol. The van der Waals surface area contributed by atoms with Crippen LogP contribution in [0.3, 0.4) is 0 Å². The minimum absolute atomic E-state index is 0.152. The molecule has 0 saturated heterocycles. The maximum atomic E-state index is 12.9. The van der Waals surface area contributed by atoms with Crippen molar-refractivity contribution in [3.05, 3.63) is 76.4 Å². The number of benzene rings is 2. The Labute approximate surface area is 142 Å². The zero-order chi connectivity index (χ0) is 16.9. The van der Waals surface area contributed by atoms with Gasteiger partial charge in [0.25, 0.3) is 0 Å². The maximum absolute atomic E-state index is 12.9. The number of hydrogen-bond donors (Lipinski definition) is 0. The van der Waals surface area contributed by atoms with Gasteiger partial charge < -0.3 is 4.74 Å². The molecule has 0 fully saturated rings. The summed E-state index contributed by atoms with van der Waals surface area (Å²) >= 11 is 0. The van der Waals surface area contributed by atoms with Gasteiger partial charge >= 0.3 is 5.97 Å². The second-order valence-electron chi connectivity index (χ2n) is 5.88. The lowest BCUT2D eigenvalue weighted by molar-refractivity contribution is 0.0497. The number of esters is 1. The maximum Gasteiger partial charge on any atom is 0.338 e. The first-order chi connectivity index (χ1) is 11.7. The van der Waals surface area contributed by atoms with Crippen molar-refractivity contribution in [1.29, 1.82) is 0 Å². The standard InChI is InChI=1S/C21H20O3/c1-2-3-13-24-21(23)19-10-5-4-9-18(19)20(22)17-12-11-15-7-6-8-16(15)14-17/h4-6,8-12,14H,2-3,7,13H2,1H3. The molecule has 2 aromatic carbocycles. The summed E-state index contributed by atoms with van der Waals surface area (Å²) in [5, 5.41) is 0. The quantitative estimate of drug-likeness (QED) is 0.449. The van der Waals surface area contributed by atoms with Gasteiger partial charge in [-0.1, -0.05) is 55.8 Å². The number of carbonyl (C=O) groups is 2. The molecule has 0 unspecified atom stereocenters. The van der Waals surface area contributed by atoms with E-state index in [0.717, 1.165) is 24.8 Å². The molecule has 0 atom stereocenters. The monoisotopic (exact) mass is 320 g/mol. The second kappa shape index (κ2) is 7.26. The Balaban J connectivity index is 1.87. The van der Waals surface area contributed by atoms with Crippen LogP contribution in [0.5, 0.6) is 0 Å². The predicted molar refractivity (Wildman–Crippen MR) is 94.2 cm³/mol. The molecule has 1 aliphatic carbocycles. The van der Waals surface area contributed by atoms with Crippen molar-refractivity contribution in [3.8, 4) is 0 Å². The normalized spacial score (nSPS) is 12.0. The van der Waals surface area contributed by atoms with Gasteiger partial charge in [-0.2, -0.15) is 0 Å². The molecule has 0 aliphatic heterocycles. The van der Waals surface area contributed by atoms with Crippen LogP contribution in [0.2, 0.25) is 0 Å². The van der Waals surface area contributed by atoms with Gasteiger partial charge in [0.15, 0.2) is 5.78 Å². The van der Waals surface area contributed by atoms with Crippen LogP contribution in [0.4, 0.5) is 0 Å². The van der Waals surface area contributed by atoms with Crippen LogP contribution >= 0.6 is 0 Å². The average molecular weight is 320 g/mol. The number of ether oxygens (including phenoxy) is 1. The fourth-order valence-electron chi connectivity index (χ4n) is 2.79. The fourth-order valence-corrected chi connectivity index (χ4v) is 2.79. The highest BCUT2D eigenvalue weighted by Gasteiger charge is 2.20. The average Bonchev–Trinajstić information content (AvgIpc) is 3.09. The van der Waals surface area contributed by atoms with Crippen LogP contribution in [-0.4, -0.2) is 18.4 Å². The van der Waals surface area contributed by atoms with Crippen molar-refractivity contribution in [2.45, 2.75) is 26.2 Å². The van der Waals surface area contributed by atoms with Crippen LogP contribution in [0.25, 0.3) is 6.08 Å². The first kappa shape index (κ1) is 16.2. The summed E-state index contributed by atoms with van der Waals surface area (Å²) in [7, 11) is 0. The Kier molecular flexibility index (Phi) is 4.90. The minimum atomic E-state index is -0.437. The van der Waals surface area contributed by atoms with Crippen molar-refractivity contribution in [2.24, 2.45) is 0 Å². The number of rotatable bonds is 6. The summed E-state index contributed by atoms with van der Waals surface area (Å²) in [6, 6.07) is 12.5. The SMILES string of the molecule is CCCCOC(=O)c1ccccc1C(=O)c1ccc2c(c1)C=CC2. The Morgan fingerprint density at radius 2 is 1.88 bits per heavy atom. The molecule has 1 aliphatic rings. The lowest BCUT2D eigenvalue weighted by Crippen LogP contribution is -2.13. The van der Waals surface area contributed by atoms with E-state index in [1.807, 2.05) is 31.2 Å². The van der Waals surface area contributed by atoms with E-state index in [1.54, 1.807) is 24.3 Å². The summed E-state index contributed by atoms with van der Waals surface area (Å²) in [5.74, 6) is -0.588. The first-order valence-electron chi connectivity index (χ1n) is 8.31. The lowest BCUT2D eigenvalue weighted by Gasteiger charge is -2.10. The van der Waals surface area contributed by atoms with E-state index < -0.39 is 5.97 Å². The Hall–Kier alpha value is -2.68. The molecule has 0 saturated carbocycles. The highest BCUT2D eigenvalue weighted by molar-refractivity contribution is 6.14. The van der Waals surface area contributed by atoms with Gasteiger partial charge in [0.2, 0.25) is 0 Å². The Morgan fingerprint density at radius 3 is 2.67 bits per heavy atom. The predicted octanol–water partition coefficient (Wildman–Crippen LogP) is 4.44. The number of carbonyl (C=O) groups excluding carboxylic acids is 2. The van der Waals surface area contributed by atoms with Gasteiger partial charge in [-0.05, 0) is 36.1 Å². The van der Waals surface area contributed by atoms with Crippen LogP contribution in [0.1, 0.15) is 57.2 Å². The molecule has 3 heteroatoms. The number of allylic oxidation sites excluding steroid dienone is 1. The highest BCUT2D eigenvalue weighted by Crippen LogP contribution is 2.23. The van der Waals surface area contributed by atoms with Gasteiger partial charge in [-0.15, -0.1) is 0 Å². The van der Waals surface area contributed by atoms with E-state index in [2.05, 4.69) is 6.08 Å². The summed E-state index contributed by atoms with van der Waals surface area (Å²) in [6.07, 6.45) is 6.79. The van der Waals surface area contributed by atoms with E-state index in [0.29, 0.717) is 23.3 Å². The molecule has 0 amide bonds. The fraction of sp³-hybridized carbons (Fsp3) is 0.238. The van der Waals surface area contributed by atoms with Crippen LogP contribution in [0.15, 0.2) is 48.5 Å². The summed E-state index contributed by atoms with van der Waals surface area (Å²) in [6.45, 7) is 2.41. The first-order valence-corrected chi connectivity index (χ1v) is 8.31. The van der Waals surface area contributed by atoms with Crippen molar-refractivity contribution >= 4 is 17.8 Å². The van der Waals surface area contributed by atoms with E-state index in [-0.39, 0.29) is 5.78 Å². The third-order valence-corrected chi connectivity index (χ3v) is 4.17. The molecular formula is C21H20O3. The highest BCUT2D eigenvalue weighted by atomic mass is 16.5. The molecule has 0 heterocycles. The lowest BCUT2D eigenvalue weighted by atomic mass is 9.96. The smallest absolute Gasteiger partial charge is 0.338 e. The number of fused-ring (bicyclic) bond motifs is 1. The van der Waals surface area contributed by atoms with Crippen LogP contribution in [-0.2, 0) is 11.2 Å². The van der Waals surface area contributed by atoms with E-state index in [1.165, 1.54) is 5.56 Å². The van der Waals surface area contributed by atoms with Gasteiger partial charge in [-0.3, -0.25) is 4.79 Å². The summed E-state index contributed by atoms with van der Waals surface area (Å²) in [5.41, 5.74) is 3.60. The van der Waals surface area contributed by atoms with Gasteiger partial charge in [0, 0.05) is 11.1 Å². The third-order valence-electron chi connectivity index (χ3n) is 4.17. The summed E-state index contributed by atoms with van der Waals surface area (Å²) in [4.78, 5) is 25.1. The molecule has 122 valence electrons. The Morgan fingerprint density at radius 1 is 1.08 bits per heavy atom. The molecule has 0 aromatic heterocycles. The molecule has 0 spiro atoms. The van der Waals surface area contributed by atoms with E-state index in [9.17, 15) is 9.59 Å². The molecule has 3 nitrogen and oxygen atoms in total. The second-order valence-corrected chi connectivity index (χ2v) is 5.88. The van der Waals surface area contributed by atoms with Gasteiger partial charge in [0.05, 0.1) is 12.2 Å². The van der Waals surface area contributed by atoms with Crippen LogP contribution in [0, 0.1) is 0 Å². The van der Waals surface area contributed by atoms with Crippen molar-refractivity contribution in [2.75, 3.05) is 6.61 Å². The van der Waals surface area contributed by atoms with Crippen molar-refractivity contribution in [3.63, 3.8) is 0 Å². The number of ketones is 1. The zero-order valence-corrected chi connectivity index (χ0v) is 13.7. The third kappa shape index (κ3) is 3.30. The molecule has 0 bridgehead atoms. The largest absolute Gasteiger partial charge is 0.462 e. The minimum Gasteiger partial charge on any atom is -0.462 e. The summed E-state index contributed by atoms with van der Waals surface area (Å²) < 4.78 is 5.27. The molecule has 0 radical (unpaired) electrons. The van der Waals surface area contributed by atoms with E-state index >= 15 is 0 Å². The topological polar surface area (TPSA) is 43.4 Å². The zero-order valence-electron chi connectivity index (χ0n) is 13.7. The van der Waals surface area contributed by atoms with Crippen LogP contribution < -0.4 is 0 Å². The number of unbranched alkanes of at least 4 members (excludes halogenated alkanes) is 1. The Bertz CT molecular complexity index is 802. The van der Waals surface area contributed by atoms with Crippen molar-refractivity contribution in [1.82, 2.24) is 0 Å². The number of hydrogen-bond acceptors (Lipinski definition) is 3. The van der Waals surface area contributed by atoms with Gasteiger partial charge in [0.1, 0.15) is 0 Å². The van der Waals surface area contributed by atoms with Gasteiger partial charge in [-0.25, -0.2) is 4.79 Å². The van der Waals surface area contributed by atoms with E-state index in [4.69, 9.17) is 4.74 Å². The molecule has 24 heavy (non-hydrogen) atoms.